The van der Waals surface area contributed by atoms with Crippen molar-refractivity contribution in [3.63, 3.8) is 0 Å². The van der Waals surface area contributed by atoms with Gasteiger partial charge in [0.05, 0.1) is 18.2 Å². The summed E-state index contributed by atoms with van der Waals surface area (Å²) < 4.78 is 11.7. The van der Waals surface area contributed by atoms with Gasteiger partial charge in [0, 0.05) is 5.02 Å². The van der Waals surface area contributed by atoms with Crippen molar-refractivity contribution >= 4 is 23.3 Å². The Bertz CT molecular complexity index is 1030. The van der Waals surface area contributed by atoms with Gasteiger partial charge >= 0.3 is 0 Å². The second kappa shape index (κ2) is 9.82. The summed E-state index contributed by atoms with van der Waals surface area (Å²) in [7, 11) is 0. The third kappa shape index (κ3) is 5.63. The Morgan fingerprint density at radius 1 is 0.966 bits per heavy atom. The van der Waals surface area contributed by atoms with Crippen molar-refractivity contribution < 1.29 is 9.47 Å². The van der Waals surface area contributed by atoms with Crippen LogP contribution < -0.4 is 9.47 Å². The molecule has 0 unspecified atom stereocenters. The van der Waals surface area contributed by atoms with E-state index in [4.69, 9.17) is 21.1 Å². The topological polar surface area (TPSA) is 42.2 Å². The van der Waals surface area contributed by atoms with Crippen LogP contribution in [0.5, 0.6) is 11.5 Å². The molecule has 0 atom stereocenters. The Morgan fingerprint density at radius 2 is 1.69 bits per heavy atom. The van der Waals surface area contributed by atoms with E-state index in [9.17, 15) is 5.26 Å². The maximum Gasteiger partial charge on any atom is 0.161 e. The predicted molar refractivity (Wildman–Crippen MR) is 118 cm³/mol. The molecule has 0 radical (unpaired) electrons. The van der Waals surface area contributed by atoms with Crippen LogP contribution in [0.2, 0.25) is 5.02 Å². The number of nitrogens with zero attached hydrogens (tertiary/aromatic N) is 1. The highest BCUT2D eigenvalue weighted by Crippen LogP contribution is 2.31. The van der Waals surface area contributed by atoms with E-state index in [-0.39, 0.29) is 0 Å². The minimum Gasteiger partial charge on any atom is -0.490 e. The van der Waals surface area contributed by atoms with Gasteiger partial charge in [-0.05, 0) is 60.9 Å². The monoisotopic (exact) mass is 403 g/mol. The zero-order valence-electron chi connectivity index (χ0n) is 16.5. The van der Waals surface area contributed by atoms with Crippen LogP contribution >= 0.6 is 11.6 Å². The summed E-state index contributed by atoms with van der Waals surface area (Å²) >= 11 is 5.93. The molecule has 146 valence electrons. The van der Waals surface area contributed by atoms with Gasteiger partial charge in [-0.15, -0.1) is 0 Å². The third-order valence-electron chi connectivity index (χ3n) is 4.37. The maximum absolute atomic E-state index is 9.58. The molecule has 3 aromatic rings. The van der Waals surface area contributed by atoms with Crippen LogP contribution in [-0.4, -0.2) is 6.61 Å². The van der Waals surface area contributed by atoms with Crippen LogP contribution in [0.1, 0.15) is 29.2 Å². The fourth-order valence-corrected chi connectivity index (χ4v) is 2.95. The number of aryl methyl sites for hydroxylation is 1. The molecule has 0 saturated heterocycles. The highest BCUT2D eigenvalue weighted by Gasteiger charge is 2.08. The van der Waals surface area contributed by atoms with Crippen LogP contribution in [0.15, 0.2) is 66.7 Å². The van der Waals surface area contributed by atoms with Gasteiger partial charge in [0.2, 0.25) is 0 Å². The van der Waals surface area contributed by atoms with Crippen LogP contribution in [0, 0.1) is 18.3 Å². The average Bonchev–Trinajstić information content (AvgIpc) is 2.73. The SMILES string of the molecule is CCOc1cc(/C=C(/C#N)c2ccc(C)cc2)ccc1OCc1ccc(Cl)cc1. The molecule has 0 heterocycles. The van der Waals surface area contributed by atoms with Gasteiger partial charge in [0.15, 0.2) is 11.5 Å². The molecule has 3 rings (SSSR count). The molecule has 0 bridgehead atoms. The molecule has 3 aromatic carbocycles. The second-order valence-corrected chi connectivity index (χ2v) is 7.03. The number of allylic oxidation sites excluding steroid dienone is 1. The van der Waals surface area contributed by atoms with E-state index >= 15 is 0 Å². The minimum atomic E-state index is 0.416. The normalized spacial score (nSPS) is 11.0. The summed E-state index contributed by atoms with van der Waals surface area (Å²) in [6.07, 6.45) is 1.86. The molecular formula is C25H22ClNO2. The molecule has 4 heteroatoms. The average molecular weight is 404 g/mol. The van der Waals surface area contributed by atoms with Crippen LogP contribution in [0.25, 0.3) is 11.6 Å². The lowest BCUT2D eigenvalue weighted by molar-refractivity contribution is 0.269. The fraction of sp³-hybridized carbons (Fsp3) is 0.160. The third-order valence-corrected chi connectivity index (χ3v) is 4.62. The zero-order chi connectivity index (χ0) is 20.6. The van der Waals surface area contributed by atoms with E-state index in [1.807, 2.05) is 86.7 Å². The Balaban J connectivity index is 1.83. The van der Waals surface area contributed by atoms with Crippen molar-refractivity contribution in [2.45, 2.75) is 20.5 Å². The van der Waals surface area contributed by atoms with Gasteiger partial charge < -0.3 is 9.47 Å². The summed E-state index contributed by atoms with van der Waals surface area (Å²) in [5, 5.41) is 10.3. The zero-order valence-corrected chi connectivity index (χ0v) is 17.2. The van der Waals surface area contributed by atoms with Crippen molar-refractivity contribution in [1.29, 1.82) is 5.26 Å². The Labute approximate surface area is 176 Å². The molecule has 0 N–H and O–H groups in total. The van der Waals surface area contributed by atoms with E-state index in [0.717, 1.165) is 22.3 Å². The standard InChI is InChI=1S/C25H22ClNO2/c1-3-28-25-15-20(14-22(16-27)21-9-4-18(2)5-10-21)8-13-24(25)29-17-19-6-11-23(26)12-7-19/h4-15H,3,17H2,1-2H3/b22-14-. The number of ether oxygens (including phenoxy) is 2. The van der Waals surface area contributed by atoms with Crippen molar-refractivity contribution in [3.05, 3.63) is 94.0 Å². The summed E-state index contributed by atoms with van der Waals surface area (Å²) in [5.41, 5.74) is 4.55. The molecule has 0 spiro atoms. The first kappa shape index (κ1) is 20.5. The highest BCUT2D eigenvalue weighted by atomic mass is 35.5. The van der Waals surface area contributed by atoms with Gasteiger partial charge in [-0.3, -0.25) is 0 Å². The Morgan fingerprint density at radius 3 is 2.34 bits per heavy atom. The lowest BCUT2D eigenvalue weighted by Gasteiger charge is -2.13. The van der Waals surface area contributed by atoms with Crippen LogP contribution in [-0.2, 0) is 6.61 Å². The van der Waals surface area contributed by atoms with Crippen LogP contribution in [0.3, 0.4) is 0 Å². The number of halogens is 1. The molecule has 29 heavy (non-hydrogen) atoms. The van der Waals surface area contributed by atoms with Crippen molar-refractivity contribution in [2.75, 3.05) is 6.61 Å². The van der Waals surface area contributed by atoms with Crippen molar-refractivity contribution in [3.8, 4) is 17.6 Å². The second-order valence-electron chi connectivity index (χ2n) is 6.59. The lowest BCUT2D eigenvalue weighted by Crippen LogP contribution is -2.00. The first-order chi connectivity index (χ1) is 14.1. The van der Waals surface area contributed by atoms with E-state index in [1.54, 1.807) is 0 Å². The molecule has 0 saturated carbocycles. The quantitative estimate of drug-likeness (QED) is 0.326. The number of rotatable bonds is 7. The molecule has 0 aliphatic carbocycles. The van der Waals surface area contributed by atoms with Gasteiger partial charge in [-0.2, -0.15) is 5.26 Å². The summed E-state index contributed by atoms with van der Waals surface area (Å²) in [6, 6.07) is 23.4. The van der Waals surface area contributed by atoms with Gasteiger partial charge in [-0.1, -0.05) is 59.6 Å². The molecule has 0 aliphatic rings. The first-order valence-electron chi connectivity index (χ1n) is 9.42. The van der Waals surface area contributed by atoms with Gasteiger partial charge in [0.1, 0.15) is 6.61 Å². The van der Waals surface area contributed by atoms with E-state index in [0.29, 0.717) is 35.3 Å². The number of hydrogen-bond acceptors (Lipinski definition) is 3. The molecule has 0 amide bonds. The fourth-order valence-electron chi connectivity index (χ4n) is 2.82. The molecule has 3 nitrogen and oxygen atoms in total. The maximum atomic E-state index is 9.58. The van der Waals surface area contributed by atoms with Gasteiger partial charge in [0.25, 0.3) is 0 Å². The summed E-state index contributed by atoms with van der Waals surface area (Å²) in [4.78, 5) is 0. The largest absolute Gasteiger partial charge is 0.490 e. The van der Waals surface area contributed by atoms with Crippen LogP contribution in [0.4, 0.5) is 0 Å². The molecule has 0 fully saturated rings. The van der Waals surface area contributed by atoms with E-state index in [1.165, 1.54) is 0 Å². The summed E-state index contributed by atoms with van der Waals surface area (Å²) in [6.45, 7) is 4.89. The van der Waals surface area contributed by atoms with Gasteiger partial charge in [-0.25, -0.2) is 0 Å². The van der Waals surface area contributed by atoms with E-state index < -0.39 is 0 Å². The molecule has 0 aliphatic heterocycles. The smallest absolute Gasteiger partial charge is 0.161 e. The molecular weight excluding hydrogens is 382 g/mol. The Kier molecular flexibility index (Phi) is 6.94. The predicted octanol–water partition coefficient (Wildman–Crippen LogP) is 6.69. The summed E-state index contributed by atoms with van der Waals surface area (Å²) in [5.74, 6) is 1.31. The molecule has 0 aromatic heterocycles. The lowest BCUT2D eigenvalue weighted by atomic mass is 10.0. The van der Waals surface area contributed by atoms with Crippen molar-refractivity contribution in [2.24, 2.45) is 0 Å². The highest BCUT2D eigenvalue weighted by molar-refractivity contribution is 6.30. The van der Waals surface area contributed by atoms with Crippen molar-refractivity contribution in [1.82, 2.24) is 0 Å². The minimum absolute atomic E-state index is 0.416. The Hall–Kier alpha value is -3.22. The number of benzene rings is 3. The number of hydrogen-bond donors (Lipinski definition) is 0. The van der Waals surface area contributed by atoms with E-state index in [2.05, 4.69) is 6.07 Å². The number of nitriles is 1. The first-order valence-corrected chi connectivity index (χ1v) is 9.79.